The Morgan fingerprint density at radius 1 is 1.21 bits per heavy atom. The van der Waals surface area contributed by atoms with Gasteiger partial charge in [-0.25, -0.2) is 0 Å². The van der Waals surface area contributed by atoms with Gasteiger partial charge in [-0.05, 0) is 43.7 Å². The summed E-state index contributed by atoms with van der Waals surface area (Å²) in [5, 5.41) is 12.4. The molecular weight excluding hydrogens is 360 g/mol. The molecule has 1 heterocycles. The van der Waals surface area contributed by atoms with Crippen LogP contribution in [0.15, 0.2) is 24.3 Å². The van der Waals surface area contributed by atoms with Crippen molar-refractivity contribution in [1.29, 1.82) is 0 Å². The summed E-state index contributed by atoms with van der Waals surface area (Å²) < 4.78 is 5.29. The molecule has 3 rings (SSSR count). The molecule has 1 aliphatic heterocycles. The molecule has 152 valence electrons. The van der Waals surface area contributed by atoms with Crippen LogP contribution in [0.25, 0.3) is 0 Å². The van der Waals surface area contributed by atoms with Gasteiger partial charge in [-0.2, -0.15) is 0 Å². The van der Waals surface area contributed by atoms with Gasteiger partial charge in [0, 0.05) is 25.6 Å². The number of hydrogen-bond acceptors (Lipinski definition) is 4. The predicted octanol–water partition coefficient (Wildman–Crippen LogP) is 1.70. The van der Waals surface area contributed by atoms with Crippen LogP contribution in [-0.4, -0.2) is 54.5 Å². The third-order valence-electron chi connectivity index (χ3n) is 5.56. The van der Waals surface area contributed by atoms with Crippen LogP contribution in [0.1, 0.15) is 31.2 Å². The lowest BCUT2D eigenvalue weighted by Gasteiger charge is -2.32. The summed E-state index contributed by atoms with van der Waals surface area (Å²) in [4.78, 5) is 38.3. The predicted molar refractivity (Wildman–Crippen MR) is 103 cm³/mol. The molecule has 1 saturated carbocycles. The molecule has 2 amide bonds. The third-order valence-corrected chi connectivity index (χ3v) is 5.56. The molecule has 0 radical (unpaired) electrons. The quantitative estimate of drug-likeness (QED) is 0.707. The number of aliphatic carboxylic acids is 1. The van der Waals surface area contributed by atoms with Crippen molar-refractivity contribution in [2.75, 3.05) is 26.7 Å². The van der Waals surface area contributed by atoms with Crippen molar-refractivity contribution in [2.24, 2.45) is 17.8 Å². The van der Waals surface area contributed by atoms with Crippen LogP contribution in [0.4, 0.5) is 0 Å². The van der Waals surface area contributed by atoms with Crippen LogP contribution in [0, 0.1) is 17.8 Å². The Balaban J connectivity index is 1.55. The zero-order valence-corrected chi connectivity index (χ0v) is 16.2. The number of carbonyl (C=O) groups excluding carboxylic acids is 2. The molecule has 2 fully saturated rings. The minimum atomic E-state index is -0.958. The number of amides is 2. The number of ether oxygens (including phenoxy) is 1. The van der Waals surface area contributed by atoms with Gasteiger partial charge < -0.3 is 20.1 Å². The number of carboxylic acids is 1. The second-order valence-corrected chi connectivity index (χ2v) is 7.69. The third kappa shape index (κ3) is 5.03. The van der Waals surface area contributed by atoms with Crippen molar-refractivity contribution < 1.29 is 24.2 Å². The van der Waals surface area contributed by atoms with Crippen molar-refractivity contribution >= 4 is 17.8 Å². The second kappa shape index (κ2) is 9.08. The maximum absolute atomic E-state index is 12.6. The summed E-state index contributed by atoms with van der Waals surface area (Å²) in [6, 6.07) is 7.29. The molecule has 2 unspecified atom stereocenters. The molecule has 7 heteroatoms. The largest absolute Gasteiger partial charge is 0.496 e. The summed E-state index contributed by atoms with van der Waals surface area (Å²) in [6.45, 7) is 1.20. The number of nitrogens with one attached hydrogen (secondary N) is 1. The molecule has 1 aromatic carbocycles. The number of benzene rings is 1. The molecule has 1 aromatic rings. The van der Waals surface area contributed by atoms with E-state index in [1.807, 2.05) is 18.2 Å². The monoisotopic (exact) mass is 388 g/mol. The maximum atomic E-state index is 12.6. The van der Waals surface area contributed by atoms with Gasteiger partial charge in [-0.1, -0.05) is 18.2 Å². The summed E-state index contributed by atoms with van der Waals surface area (Å²) in [6.07, 6.45) is 3.71. The van der Waals surface area contributed by atoms with Crippen molar-refractivity contribution in [3.8, 4) is 5.75 Å². The Bertz CT molecular complexity index is 731. The summed E-state index contributed by atoms with van der Waals surface area (Å²) in [5.41, 5.74) is 0.797. The summed E-state index contributed by atoms with van der Waals surface area (Å²) >= 11 is 0. The summed E-state index contributed by atoms with van der Waals surface area (Å²) in [7, 11) is 1.55. The van der Waals surface area contributed by atoms with Gasteiger partial charge in [0.15, 0.2) is 0 Å². The first-order chi connectivity index (χ1) is 13.5. The van der Waals surface area contributed by atoms with Crippen LogP contribution in [0.3, 0.4) is 0 Å². The zero-order valence-electron chi connectivity index (χ0n) is 16.2. The van der Waals surface area contributed by atoms with E-state index in [-0.39, 0.29) is 36.6 Å². The number of para-hydroxylation sites is 1. The normalized spacial score (nSPS) is 20.3. The first-order valence-corrected chi connectivity index (χ1v) is 9.90. The van der Waals surface area contributed by atoms with Crippen LogP contribution in [0.5, 0.6) is 5.75 Å². The topological polar surface area (TPSA) is 95.9 Å². The average Bonchev–Trinajstić information content (AvgIpc) is 3.55. The van der Waals surface area contributed by atoms with E-state index in [2.05, 4.69) is 5.32 Å². The van der Waals surface area contributed by atoms with Crippen LogP contribution < -0.4 is 10.1 Å². The van der Waals surface area contributed by atoms with E-state index in [1.54, 1.807) is 18.1 Å². The molecule has 2 aliphatic rings. The highest BCUT2D eigenvalue weighted by atomic mass is 16.5. The lowest BCUT2D eigenvalue weighted by atomic mass is 9.95. The van der Waals surface area contributed by atoms with E-state index < -0.39 is 11.9 Å². The van der Waals surface area contributed by atoms with Crippen molar-refractivity contribution in [2.45, 2.75) is 32.1 Å². The number of carboxylic acid groups (broad SMARTS) is 1. The van der Waals surface area contributed by atoms with E-state index in [1.165, 1.54) is 0 Å². The lowest BCUT2D eigenvalue weighted by molar-refractivity contribution is -0.141. The van der Waals surface area contributed by atoms with Crippen LogP contribution in [0.2, 0.25) is 0 Å². The number of methoxy groups -OCH3 is 1. The lowest BCUT2D eigenvalue weighted by Crippen LogP contribution is -2.47. The molecule has 1 saturated heterocycles. The van der Waals surface area contributed by atoms with Crippen molar-refractivity contribution in [3.05, 3.63) is 29.8 Å². The van der Waals surface area contributed by atoms with Gasteiger partial charge in [0.2, 0.25) is 11.8 Å². The highest BCUT2D eigenvalue weighted by Gasteiger charge is 2.36. The van der Waals surface area contributed by atoms with Crippen molar-refractivity contribution in [3.63, 3.8) is 0 Å². The molecule has 2 N–H and O–H groups in total. The molecule has 0 spiro atoms. The number of nitrogens with zero attached hydrogens (tertiary/aromatic N) is 1. The van der Waals surface area contributed by atoms with Crippen LogP contribution in [-0.2, 0) is 20.8 Å². The summed E-state index contributed by atoms with van der Waals surface area (Å²) in [5.74, 6) is -1.18. The van der Waals surface area contributed by atoms with Gasteiger partial charge in [-0.15, -0.1) is 0 Å². The van der Waals surface area contributed by atoms with Crippen molar-refractivity contribution in [1.82, 2.24) is 10.2 Å². The second-order valence-electron chi connectivity index (χ2n) is 7.69. The first kappa shape index (κ1) is 20.2. The molecule has 7 nitrogen and oxygen atoms in total. The molecule has 2 atom stereocenters. The smallest absolute Gasteiger partial charge is 0.308 e. The molecule has 0 aromatic heterocycles. The van der Waals surface area contributed by atoms with E-state index in [0.29, 0.717) is 18.8 Å². The van der Waals surface area contributed by atoms with Gasteiger partial charge in [-0.3, -0.25) is 14.4 Å². The number of rotatable bonds is 8. The Labute approximate surface area is 165 Å². The Hall–Kier alpha value is -2.57. The van der Waals surface area contributed by atoms with E-state index in [4.69, 9.17) is 4.74 Å². The fourth-order valence-corrected chi connectivity index (χ4v) is 3.73. The molecular formula is C21H28N2O5. The Morgan fingerprint density at radius 2 is 1.96 bits per heavy atom. The van der Waals surface area contributed by atoms with E-state index in [9.17, 15) is 19.5 Å². The highest BCUT2D eigenvalue weighted by Crippen LogP contribution is 2.32. The first-order valence-electron chi connectivity index (χ1n) is 9.90. The number of hydrogen-bond donors (Lipinski definition) is 2. The number of carbonyl (C=O) groups is 3. The molecule has 28 heavy (non-hydrogen) atoms. The minimum absolute atomic E-state index is 0.0548. The van der Waals surface area contributed by atoms with Gasteiger partial charge in [0.25, 0.3) is 0 Å². The van der Waals surface area contributed by atoms with E-state index >= 15 is 0 Å². The van der Waals surface area contributed by atoms with Gasteiger partial charge >= 0.3 is 5.97 Å². The van der Waals surface area contributed by atoms with Gasteiger partial charge in [0.1, 0.15) is 5.75 Å². The fraction of sp³-hybridized carbons (Fsp3) is 0.571. The number of likely N-dealkylation sites (tertiary alicyclic amines) is 1. The Kier molecular flexibility index (Phi) is 6.54. The SMILES string of the molecule is COc1ccccc1CC(CNC(=O)C1CCCN(C(=O)C2CC2)C1)C(=O)O. The highest BCUT2D eigenvalue weighted by molar-refractivity contribution is 5.84. The molecule has 1 aliphatic carbocycles. The van der Waals surface area contributed by atoms with Gasteiger partial charge in [0.05, 0.1) is 18.9 Å². The zero-order chi connectivity index (χ0) is 20.1. The number of piperidine rings is 1. The van der Waals surface area contributed by atoms with Crippen LogP contribution >= 0.6 is 0 Å². The molecule has 0 bridgehead atoms. The fourth-order valence-electron chi connectivity index (χ4n) is 3.73. The maximum Gasteiger partial charge on any atom is 0.308 e. The Morgan fingerprint density at radius 3 is 2.64 bits per heavy atom. The standard InChI is InChI=1S/C21H28N2O5/c1-28-18-7-3-2-5-15(18)11-17(21(26)27)12-22-19(24)16-6-4-10-23(13-16)20(25)14-8-9-14/h2-3,5,7,14,16-17H,4,6,8-13H2,1H3,(H,22,24)(H,26,27). The van der Waals surface area contributed by atoms with E-state index in [0.717, 1.165) is 31.2 Å². The minimum Gasteiger partial charge on any atom is -0.496 e. The average molecular weight is 388 g/mol.